The van der Waals surface area contributed by atoms with Gasteiger partial charge in [0.05, 0.1) is 23.3 Å². The second kappa shape index (κ2) is 4.59. The molecular formula is C7H3CuNO4. The van der Waals surface area contributed by atoms with Crippen molar-refractivity contribution in [1.82, 2.24) is 4.98 Å². The number of carboxylic acid groups (broad SMARTS) is 2. The van der Waals surface area contributed by atoms with E-state index in [1.54, 1.807) is 0 Å². The summed E-state index contributed by atoms with van der Waals surface area (Å²) < 4.78 is 0. The predicted molar refractivity (Wildman–Crippen MR) is 32.9 cm³/mol. The van der Waals surface area contributed by atoms with E-state index in [4.69, 9.17) is 0 Å². The Morgan fingerprint density at radius 3 is 1.77 bits per heavy atom. The van der Waals surface area contributed by atoms with Crippen molar-refractivity contribution in [3.8, 4) is 0 Å². The summed E-state index contributed by atoms with van der Waals surface area (Å²) in [5, 5.41) is 20.4. The third-order valence-electron chi connectivity index (χ3n) is 1.17. The van der Waals surface area contributed by atoms with Gasteiger partial charge in [-0.3, -0.25) is 0 Å². The molecule has 0 bridgehead atoms. The molecule has 71 valence electrons. The Labute approximate surface area is 83.9 Å². The van der Waals surface area contributed by atoms with Gasteiger partial charge >= 0.3 is 17.1 Å². The number of hydrogen-bond donors (Lipinski definition) is 0. The second-order valence-corrected chi connectivity index (χ2v) is 1.98. The van der Waals surface area contributed by atoms with Crippen LogP contribution >= 0.6 is 0 Å². The van der Waals surface area contributed by atoms with Crippen molar-refractivity contribution in [2.75, 3.05) is 0 Å². The van der Waals surface area contributed by atoms with Crippen LogP contribution in [0.5, 0.6) is 0 Å². The molecule has 0 aromatic carbocycles. The van der Waals surface area contributed by atoms with Gasteiger partial charge in [0.1, 0.15) is 0 Å². The molecule has 6 heteroatoms. The molecule has 0 saturated carbocycles. The summed E-state index contributed by atoms with van der Waals surface area (Å²) in [5.74, 6) is -3.03. The fourth-order valence-electron chi connectivity index (χ4n) is 0.662. The van der Waals surface area contributed by atoms with Gasteiger partial charge in [0.15, 0.2) is 0 Å². The molecule has 0 aliphatic rings. The third-order valence-corrected chi connectivity index (χ3v) is 1.17. The first-order valence-corrected chi connectivity index (χ1v) is 3.01. The average molecular weight is 229 g/mol. The summed E-state index contributed by atoms with van der Waals surface area (Å²) in [6, 6.07) is 3.53. The molecule has 0 aliphatic carbocycles. The maximum atomic E-state index is 10.2. The molecule has 0 atom stereocenters. The van der Waals surface area contributed by atoms with E-state index >= 15 is 0 Å². The molecule has 0 aliphatic heterocycles. The van der Waals surface area contributed by atoms with Gasteiger partial charge in [-0.15, -0.1) is 0 Å². The molecule has 0 saturated heterocycles. The Morgan fingerprint density at radius 1 is 1.08 bits per heavy atom. The first-order valence-electron chi connectivity index (χ1n) is 3.01. The van der Waals surface area contributed by atoms with E-state index in [-0.39, 0.29) is 17.1 Å². The zero-order valence-corrected chi connectivity index (χ0v) is 7.06. The molecule has 1 aromatic rings. The second-order valence-electron chi connectivity index (χ2n) is 1.98. The average Bonchev–Trinajstić information content (AvgIpc) is 2.04. The number of hydrogen-bond acceptors (Lipinski definition) is 5. The molecule has 13 heavy (non-hydrogen) atoms. The van der Waals surface area contributed by atoms with Crippen LogP contribution in [0.3, 0.4) is 0 Å². The number of aromatic nitrogens is 1. The molecule has 1 aromatic heterocycles. The number of carboxylic acids is 2. The molecule has 1 heterocycles. The first-order chi connectivity index (χ1) is 5.61. The van der Waals surface area contributed by atoms with Gasteiger partial charge in [-0.25, -0.2) is 4.98 Å². The van der Waals surface area contributed by atoms with E-state index in [0.717, 1.165) is 12.1 Å². The molecule has 1 rings (SSSR count). The van der Waals surface area contributed by atoms with E-state index < -0.39 is 23.3 Å². The number of pyridine rings is 1. The van der Waals surface area contributed by atoms with E-state index in [2.05, 4.69) is 4.98 Å². The number of nitrogens with zero attached hydrogens (tertiary/aromatic N) is 1. The molecule has 0 N–H and O–H groups in total. The van der Waals surface area contributed by atoms with Crippen molar-refractivity contribution in [3.05, 3.63) is 29.6 Å². The Kier molecular flexibility index (Phi) is 4.10. The van der Waals surface area contributed by atoms with Crippen LogP contribution in [0, 0.1) is 0 Å². The topological polar surface area (TPSA) is 93.1 Å². The fraction of sp³-hybridized carbons (Fsp3) is 0. The van der Waals surface area contributed by atoms with Crippen LogP contribution in [0.1, 0.15) is 21.0 Å². The smallest absolute Gasteiger partial charge is 0.543 e. The van der Waals surface area contributed by atoms with E-state index in [1.807, 2.05) is 0 Å². The minimum absolute atomic E-state index is 0. The van der Waals surface area contributed by atoms with Gasteiger partial charge in [0, 0.05) is 0 Å². The largest absolute Gasteiger partial charge is 2.00 e. The van der Waals surface area contributed by atoms with Crippen molar-refractivity contribution in [2.24, 2.45) is 0 Å². The maximum Gasteiger partial charge on any atom is 2.00 e. The van der Waals surface area contributed by atoms with Gasteiger partial charge in [-0.05, 0) is 12.1 Å². The van der Waals surface area contributed by atoms with Crippen LogP contribution in [0.25, 0.3) is 0 Å². The Bertz CT molecular complexity index is 310. The quantitative estimate of drug-likeness (QED) is 0.536. The van der Waals surface area contributed by atoms with E-state index in [0.29, 0.717) is 0 Å². The number of aromatic carboxylic acids is 2. The summed E-state index contributed by atoms with van der Waals surface area (Å²) in [4.78, 5) is 23.6. The van der Waals surface area contributed by atoms with Gasteiger partial charge < -0.3 is 19.8 Å². The SMILES string of the molecule is O=C([O-])c1cccc(C(=O)[O-])n1.[Cu+2]. The van der Waals surface area contributed by atoms with Crippen molar-refractivity contribution < 1.29 is 36.9 Å². The summed E-state index contributed by atoms with van der Waals surface area (Å²) in [6.45, 7) is 0. The third kappa shape index (κ3) is 2.85. The Morgan fingerprint density at radius 2 is 1.46 bits per heavy atom. The molecule has 0 spiro atoms. The molecule has 0 amide bonds. The number of carbonyl (C=O) groups excluding carboxylic acids is 2. The van der Waals surface area contributed by atoms with Crippen molar-refractivity contribution in [1.29, 1.82) is 0 Å². The standard InChI is InChI=1S/C7H5NO4.Cu/c9-6(10)4-2-1-3-5(8-4)7(11)12;/h1-3H,(H,9,10)(H,11,12);/q;+2/p-2. The summed E-state index contributed by atoms with van der Waals surface area (Å²) in [5.41, 5.74) is -0.839. The zero-order chi connectivity index (χ0) is 9.14. The van der Waals surface area contributed by atoms with Crippen LogP contribution in [0.15, 0.2) is 18.2 Å². The molecular weight excluding hydrogens is 226 g/mol. The van der Waals surface area contributed by atoms with Gasteiger partial charge in [0.25, 0.3) is 0 Å². The minimum atomic E-state index is -1.52. The summed E-state index contributed by atoms with van der Waals surface area (Å²) in [7, 11) is 0. The number of rotatable bonds is 2. The normalized spacial score (nSPS) is 8.62. The number of carbonyl (C=O) groups is 2. The van der Waals surface area contributed by atoms with Crippen molar-refractivity contribution in [2.45, 2.75) is 0 Å². The van der Waals surface area contributed by atoms with Crippen molar-refractivity contribution >= 4 is 11.9 Å². The first kappa shape index (κ1) is 11.6. The van der Waals surface area contributed by atoms with Gasteiger partial charge in [-0.2, -0.15) is 0 Å². The summed E-state index contributed by atoms with van der Waals surface area (Å²) in [6.07, 6.45) is 0. The van der Waals surface area contributed by atoms with Gasteiger partial charge in [0.2, 0.25) is 0 Å². The van der Waals surface area contributed by atoms with Crippen molar-refractivity contribution in [3.63, 3.8) is 0 Å². The van der Waals surface area contributed by atoms with Crippen LogP contribution in [0.2, 0.25) is 0 Å². The Hall–Kier alpha value is -1.39. The Balaban J connectivity index is 0.00000144. The molecule has 0 fully saturated rings. The van der Waals surface area contributed by atoms with Gasteiger partial charge in [-0.1, -0.05) is 6.07 Å². The van der Waals surface area contributed by atoms with E-state index in [1.165, 1.54) is 6.07 Å². The van der Waals surface area contributed by atoms with E-state index in [9.17, 15) is 19.8 Å². The minimum Gasteiger partial charge on any atom is -0.543 e. The van der Waals surface area contributed by atoms with Crippen LogP contribution in [-0.4, -0.2) is 16.9 Å². The predicted octanol–water partition coefficient (Wildman–Crippen LogP) is -2.19. The summed E-state index contributed by atoms with van der Waals surface area (Å²) >= 11 is 0. The maximum absolute atomic E-state index is 10.2. The monoisotopic (exact) mass is 228 g/mol. The fourth-order valence-corrected chi connectivity index (χ4v) is 0.662. The van der Waals surface area contributed by atoms with Crippen LogP contribution in [0.4, 0.5) is 0 Å². The molecule has 0 unspecified atom stereocenters. The molecule has 1 radical (unpaired) electrons. The van der Waals surface area contributed by atoms with Crippen LogP contribution in [-0.2, 0) is 17.1 Å². The zero-order valence-electron chi connectivity index (χ0n) is 6.11. The van der Waals surface area contributed by atoms with Crippen LogP contribution < -0.4 is 10.2 Å². The molecule has 5 nitrogen and oxygen atoms in total.